The van der Waals surface area contributed by atoms with Crippen LogP contribution in [0.2, 0.25) is 0 Å². The third-order valence-corrected chi connectivity index (χ3v) is 4.62. The monoisotopic (exact) mass is 332 g/mol. The van der Waals surface area contributed by atoms with Gasteiger partial charge in [-0.15, -0.1) is 0 Å². The van der Waals surface area contributed by atoms with Crippen LogP contribution in [0.4, 0.5) is 0 Å². The van der Waals surface area contributed by atoms with Crippen LogP contribution in [0.3, 0.4) is 0 Å². The minimum atomic E-state index is -0.721. The molecule has 0 unspecified atom stereocenters. The lowest BCUT2D eigenvalue weighted by Crippen LogP contribution is -2.28. The average Bonchev–Trinajstić information content (AvgIpc) is 3.51. The molecule has 4 heteroatoms. The van der Waals surface area contributed by atoms with Gasteiger partial charge in [0.05, 0.1) is 17.2 Å². The Morgan fingerprint density at radius 1 is 1.12 bits per heavy atom. The van der Waals surface area contributed by atoms with Gasteiger partial charge in [-0.1, -0.05) is 48.5 Å². The smallest absolute Gasteiger partial charge is 0.252 e. The van der Waals surface area contributed by atoms with Gasteiger partial charge in [0, 0.05) is 23.5 Å². The van der Waals surface area contributed by atoms with Gasteiger partial charge in [-0.05, 0) is 30.5 Å². The summed E-state index contributed by atoms with van der Waals surface area (Å²) in [5.41, 5.74) is 3.27. The van der Waals surface area contributed by atoms with Crippen LogP contribution < -0.4 is 5.32 Å². The maximum Gasteiger partial charge on any atom is 0.252 e. The zero-order chi connectivity index (χ0) is 17.2. The molecule has 2 aromatic carbocycles. The van der Waals surface area contributed by atoms with Crippen LogP contribution in [0.25, 0.3) is 10.9 Å². The van der Waals surface area contributed by atoms with Crippen LogP contribution in [-0.4, -0.2) is 22.5 Å². The molecular formula is C21H20N2O2. The first kappa shape index (κ1) is 15.8. The Hall–Kier alpha value is -2.72. The molecule has 0 spiro atoms. The zero-order valence-corrected chi connectivity index (χ0v) is 13.9. The molecule has 1 fully saturated rings. The van der Waals surface area contributed by atoms with Gasteiger partial charge in [-0.2, -0.15) is 0 Å². The molecule has 25 heavy (non-hydrogen) atoms. The fourth-order valence-electron chi connectivity index (χ4n) is 3.05. The lowest BCUT2D eigenvalue weighted by Gasteiger charge is -2.14. The van der Waals surface area contributed by atoms with Crippen molar-refractivity contribution in [2.45, 2.75) is 24.9 Å². The van der Waals surface area contributed by atoms with Crippen molar-refractivity contribution in [3.05, 3.63) is 77.5 Å². The van der Waals surface area contributed by atoms with E-state index in [9.17, 15) is 9.90 Å². The number of aliphatic hydroxyl groups excluding tert-OH is 1. The summed E-state index contributed by atoms with van der Waals surface area (Å²) in [6, 6.07) is 19.0. The molecule has 1 heterocycles. The van der Waals surface area contributed by atoms with E-state index in [0.29, 0.717) is 11.5 Å². The van der Waals surface area contributed by atoms with Gasteiger partial charge in [-0.3, -0.25) is 9.78 Å². The second-order valence-electron chi connectivity index (χ2n) is 6.52. The molecule has 3 aromatic rings. The molecule has 0 saturated heterocycles. The first-order chi connectivity index (χ1) is 12.2. The summed E-state index contributed by atoms with van der Waals surface area (Å²) in [7, 11) is 0. The molecule has 0 radical (unpaired) electrons. The maximum atomic E-state index is 12.7. The first-order valence-electron chi connectivity index (χ1n) is 8.63. The summed E-state index contributed by atoms with van der Waals surface area (Å²) in [5, 5.41) is 14.0. The molecule has 126 valence electrons. The predicted octanol–water partition coefficient (Wildman–Crippen LogP) is 3.58. The van der Waals surface area contributed by atoms with E-state index in [1.165, 1.54) is 0 Å². The number of nitrogens with one attached hydrogen (secondary N) is 1. The van der Waals surface area contributed by atoms with Crippen LogP contribution in [0.15, 0.2) is 60.7 Å². The van der Waals surface area contributed by atoms with E-state index in [0.717, 1.165) is 35.0 Å². The van der Waals surface area contributed by atoms with Gasteiger partial charge in [0.1, 0.15) is 0 Å². The van der Waals surface area contributed by atoms with Crippen molar-refractivity contribution < 1.29 is 9.90 Å². The number of hydrogen-bond acceptors (Lipinski definition) is 3. The van der Waals surface area contributed by atoms with E-state index in [-0.39, 0.29) is 12.5 Å². The summed E-state index contributed by atoms with van der Waals surface area (Å²) < 4.78 is 0. The lowest BCUT2D eigenvalue weighted by molar-refractivity contribution is 0.0918. The fourth-order valence-corrected chi connectivity index (χ4v) is 3.05. The van der Waals surface area contributed by atoms with Crippen LogP contribution in [0.5, 0.6) is 0 Å². The molecule has 4 nitrogen and oxygen atoms in total. The van der Waals surface area contributed by atoms with Crippen molar-refractivity contribution in [3.8, 4) is 0 Å². The quantitative estimate of drug-likeness (QED) is 0.751. The minimum absolute atomic E-state index is 0.171. The Balaban J connectivity index is 1.57. The Morgan fingerprint density at radius 3 is 2.60 bits per heavy atom. The number of amides is 1. The molecule has 1 saturated carbocycles. The molecule has 1 aliphatic rings. The number of carbonyl (C=O) groups excluding carboxylic acids is 1. The highest BCUT2D eigenvalue weighted by molar-refractivity contribution is 6.06. The number of aliphatic hydroxyl groups is 1. The standard InChI is InChI=1S/C21H20N2O2/c24-20(15-6-2-1-3-7-15)13-22-21(25)17-12-19(14-10-11-14)23-18-9-5-4-8-16(17)18/h1-9,12,14,20,24H,10-11,13H2,(H,22,25)/t20-/m0/s1. The summed E-state index contributed by atoms with van der Waals surface area (Å²) in [6.45, 7) is 0.179. The number of pyridine rings is 1. The van der Waals surface area contributed by atoms with Crippen molar-refractivity contribution in [2.75, 3.05) is 6.54 Å². The third-order valence-electron chi connectivity index (χ3n) is 4.62. The van der Waals surface area contributed by atoms with E-state index in [2.05, 4.69) is 5.32 Å². The largest absolute Gasteiger partial charge is 0.387 e. The first-order valence-corrected chi connectivity index (χ1v) is 8.63. The van der Waals surface area contributed by atoms with E-state index < -0.39 is 6.10 Å². The average molecular weight is 332 g/mol. The highest BCUT2D eigenvalue weighted by Crippen LogP contribution is 2.40. The van der Waals surface area contributed by atoms with Crippen molar-refractivity contribution in [3.63, 3.8) is 0 Å². The lowest BCUT2D eigenvalue weighted by atomic mass is 10.0. The number of carbonyl (C=O) groups is 1. The van der Waals surface area contributed by atoms with Crippen molar-refractivity contribution in [2.24, 2.45) is 0 Å². The number of hydrogen-bond donors (Lipinski definition) is 2. The second kappa shape index (κ2) is 6.65. The van der Waals surface area contributed by atoms with E-state index >= 15 is 0 Å². The van der Waals surface area contributed by atoms with Gasteiger partial charge in [0.15, 0.2) is 0 Å². The minimum Gasteiger partial charge on any atom is -0.387 e. The van der Waals surface area contributed by atoms with Crippen LogP contribution >= 0.6 is 0 Å². The Morgan fingerprint density at radius 2 is 1.84 bits per heavy atom. The fraction of sp³-hybridized carbons (Fsp3) is 0.238. The van der Waals surface area contributed by atoms with Gasteiger partial charge in [-0.25, -0.2) is 0 Å². The molecule has 0 aliphatic heterocycles. The molecule has 1 aromatic heterocycles. The van der Waals surface area contributed by atoms with Crippen LogP contribution in [0.1, 0.15) is 46.5 Å². The zero-order valence-electron chi connectivity index (χ0n) is 13.9. The van der Waals surface area contributed by atoms with E-state index in [1.54, 1.807) is 0 Å². The Labute approximate surface area is 146 Å². The summed E-state index contributed by atoms with van der Waals surface area (Å²) in [4.78, 5) is 17.4. The van der Waals surface area contributed by atoms with E-state index in [4.69, 9.17) is 4.98 Å². The molecular weight excluding hydrogens is 312 g/mol. The number of nitrogens with zero attached hydrogens (tertiary/aromatic N) is 1. The highest BCUT2D eigenvalue weighted by atomic mass is 16.3. The van der Waals surface area contributed by atoms with Gasteiger partial charge >= 0.3 is 0 Å². The molecule has 1 amide bonds. The molecule has 0 bridgehead atoms. The number of benzene rings is 2. The summed E-state index contributed by atoms with van der Waals surface area (Å²) in [5.74, 6) is 0.307. The van der Waals surface area contributed by atoms with Gasteiger partial charge in [0.2, 0.25) is 0 Å². The Bertz CT molecular complexity index is 904. The highest BCUT2D eigenvalue weighted by Gasteiger charge is 2.27. The number of rotatable bonds is 5. The van der Waals surface area contributed by atoms with Gasteiger partial charge < -0.3 is 10.4 Å². The molecule has 1 atom stereocenters. The second-order valence-corrected chi connectivity index (χ2v) is 6.52. The van der Waals surface area contributed by atoms with Crippen molar-refractivity contribution in [1.82, 2.24) is 10.3 Å². The molecule has 2 N–H and O–H groups in total. The predicted molar refractivity (Wildman–Crippen MR) is 97.5 cm³/mol. The van der Waals surface area contributed by atoms with Crippen LogP contribution in [0, 0.1) is 0 Å². The maximum absolute atomic E-state index is 12.7. The summed E-state index contributed by atoms with van der Waals surface area (Å²) in [6.07, 6.45) is 1.55. The third kappa shape index (κ3) is 3.39. The molecule has 4 rings (SSSR count). The van der Waals surface area contributed by atoms with Crippen LogP contribution in [-0.2, 0) is 0 Å². The Kier molecular flexibility index (Phi) is 4.20. The van der Waals surface area contributed by atoms with Crippen molar-refractivity contribution in [1.29, 1.82) is 0 Å². The number of para-hydroxylation sites is 1. The van der Waals surface area contributed by atoms with E-state index in [1.807, 2.05) is 60.7 Å². The normalized spacial score (nSPS) is 15.1. The number of fused-ring (bicyclic) bond motifs is 1. The molecule has 1 aliphatic carbocycles. The summed E-state index contributed by atoms with van der Waals surface area (Å²) >= 11 is 0. The SMILES string of the molecule is O=C(NC[C@H](O)c1ccccc1)c1cc(C2CC2)nc2ccccc12. The van der Waals surface area contributed by atoms with Crippen molar-refractivity contribution >= 4 is 16.8 Å². The van der Waals surface area contributed by atoms with Gasteiger partial charge in [0.25, 0.3) is 5.91 Å². The number of aromatic nitrogens is 1. The topological polar surface area (TPSA) is 62.2 Å².